The van der Waals surface area contributed by atoms with E-state index < -0.39 is 9.84 Å². The molecule has 1 unspecified atom stereocenters. The minimum atomic E-state index is -2.86. The first-order valence-electron chi connectivity index (χ1n) is 7.59. The van der Waals surface area contributed by atoms with E-state index in [0.717, 1.165) is 6.42 Å². The fourth-order valence-corrected chi connectivity index (χ4v) is 4.87. The van der Waals surface area contributed by atoms with E-state index in [1.165, 1.54) is 47.4 Å². The van der Waals surface area contributed by atoms with Crippen LogP contribution in [-0.4, -0.2) is 19.9 Å². The summed E-state index contributed by atoms with van der Waals surface area (Å²) >= 11 is 1.85. The van der Waals surface area contributed by atoms with Crippen molar-refractivity contribution in [3.63, 3.8) is 0 Å². The predicted molar refractivity (Wildman–Crippen MR) is 86.1 cm³/mol. The summed E-state index contributed by atoms with van der Waals surface area (Å²) in [6.45, 7) is 1.70. The minimum absolute atomic E-state index is 0.000942. The summed E-state index contributed by atoms with van der Waals surface area (Å²) in [6.07, 6.45) is 7.71. The van der Waals surface area contributed by atoms with Crippen molar-refractivity contribution >= 4 is 21.2 Å². The Morgan fingerprint density at radius 1 is 1.30 bits per heavy atom. The van der Waals surface area contributed by atoms with Crippen LogP contribution in [0.15, 0.2) is 6.07 Å². The Balaban J connectivity index is 1.91. The number of hydrogen-bond acceptors (Lipinski definition) is 4. The third-order valence-corrected chi connectivity index (χ3v) is 7.20. The van der Waals surface area contributed by atoms with Gasteiger partial charge in [-0.2, -0.15) is 0 Å². The maximum Gasteiger partial charge on any atom is 0.150 e. The van der Waals surface area contributed by atoms with Gasteiger partial charge in [0.05, 0.1) is 5.75 Å². The third kappa shape index (κ3) is 4.30. The van der Waals surface area contributed by atoms with Crippen LogP contribution in [0.3, 0.4) is 0 Å². The lowest BCUT2D eigenvalue weighted by Gasteiger charge is -2.09. The molecule has 0 fully saturated rings. The molecule has 0 aliphatic heterocycles. The average molecular weight is 316 g/mol. The molecule has 1 aromatic heterocycles. The maximum atomic E-state index is 11.5. The number of fused-ring (bicyclic) bond motifs is 1. The first-order valence-corrected chi connectivity index (χ1v) is 10.2. The molecule has 0 saturated heterocycles. The highest BCUT2D eigenvalue weighted by molar-refractivity contribution is 7.91. The molecule has 5 heteroatoms. The molecule has 0 saturated carbocycles. The summed E-state index contributed by atoms with van der Waals surface area (Å²) in [7, 11) is -2.86. The molecule has 3 nitrogen and oxygen atoms in total. The van der Waals surface area contributed by atoms with E-state index in [-0.39, 0.29) is 17.5 Å². The van der Waals surface area contributed by atoms with E-state index in [1.807, 2.05) is 11.3 Å². The Kier molecular flexibility index (Phi) is 5.64. The van der Waals surface area contributed by atoms with Gasteiger partial charge in [0.2, 0.25) is 0 Å². The van der Waals surface area contributed by atoms with Crippen LogP contribution in [0, 0.1) is 0 Å². The van der Waals surface area contributed by atoms with Gasteiger partial charge in [-0.3, -0.25) is 0 Å². The number of hydrogen-bond donors (Lipinski definition) is 1. The predicted octanol–water partition coefficient (Wildman–Crippen LogP) is 3.23. The average Bonchev–Trinajstić information content (AvgIpc) is 2.70. The minimum Gasteiger partial charge on any atom is -0.323 e. The van der Waals surface area contributed by atoms with Crippen LogP contribution in [0.4, 0.5) is 0 Å². The van der Waals surface area contributed by atoms with Crippen LogP contribution < -0.4 is 5.73 Å². The molecule has 1 aliphatic rings. The topological polar surface area (TPSA) is 60.2 Å². The lowest BCUT2D eigenvalue weighted by molar-refractivity contribution is 0.585. The normalized spacial score (nSPS) is 17.5. The van der Waals surface area contributed by atoms with Crippen molar-refractivity contribution in [2.75, 3.05) is 11.5 Å². The van der Waals surface area contributed by atoms with Gasteiger partial charge in [0.25, 0.3) is 0 Å². The largest absolute Gasteiger partial charge is 0.323 e. The van der Waals surface area contributed by atoms with E-state index in [9.17, 15) is 8.42 Å². The van der Waals surface area contributed by atoms with Crippen molar-refractivity contribution in [3.05, 3.63) is 21.4 Å². The van der Waals surface area contributed by atoms with Crippen LogP contribution in [-0.2, 0) is 22.7 Å². The van der Waals surface area contributed by atoms with Gasteiger partial charge in [0, 0.05) is 21.5 Å². The smallest absolute Gasteiger partial charge is 0.150 e. The number of rotatable bonds is 6. The van der Waals surface area contributed by atoms with Crippen LogP contribution in [0.5, 0.6) is 0 Å². The molecule has 1 aliphatic carbocycles. The van der Waals surface area contributed by atoms with Crippen molar-refractivity contribution in [1.82, 2.24) is 0 Å². The molecule has 1 aromatic rings. The van der Waals surface area contributed by atoms with E-state index in [4.69, 9.17) is 5.73 Å². The second-order valence-corrected chi connectivity index (χ2v) is 9.28. The second-order valence-electron chi connectivity index (χ2n) is 5.64. The number of nitrogens with two attached hydrogens (primary N) is 1. The molecule has 0 amide bonds. The molecule has 1 heterocycles. The van der Waals surface area contributed by atoms with Crippen molar-refractivity contribution in [3.8, 4) is 0 Å². The van der Waals surface area contributed by atoms with Crippen molar-refractivity contribution in [1.29, 1.82) is 0 Å². The highest BCUT2D eigenvalue weighted by Crippen LogP contribution is 2.32. The van der Waals surface area contributed by atoms with Crippen LogP contribution >= 0.6 is 11.3 Å². The lowest BCUT2D eigenvalue weighted by atomic mass is 10.1. The monoisotopic (exact) mass is 315 g/mol. The van der Waals surface area contributed by atoms with Crippen LogP contribution in [0.2, 0.25) is 0 Å². The molecule has 0 radical (unpaired) electrons. The Morgan fingerprint density at radius 3 is 2.80 bits per heavy atom. The number of aryl methyl sites for hydroxylation is 2. The quantitative estimate of drug-likeness (QED) is 0.820. The van der Waals surface area contributed by atoms with Gasteiger partial charge in [-0.05, 0) is 50.2 Å². The third-order valence-electron chi connectivity index (χ3n) is 4.04. The SMILES string of the molecule is CCS(=O)(=O)CCCC(N)c1cc2c(s1)CCCCC2. The Morgan fingerprint density at radius 2 is 2.05 bits per heavy atom. The van der Waals surface area contributed by atoms with E-state index >= 15 is 0 Å². The van der Waals surface area contributed by atoms with Gasteiger partial charge in [-0.1, -0.05) is 13.3 Å². The van der Waals surface area contributed by atoms with Crippen LogP contribution in [0.25, 0.3) is 0 Å². The van der Waals surface area contributed by atoms with Gasteiger partial charge < -0.3 is 5.73 Å². The Labute approximate surface area is 126 Å². The van der Waals surface area contributed by atoms with Gasteiger partial charge >= 0.3 is 0 Å². The zero-order valence-electron chi connectivity index (χ0n) is 12.2. The molecular weight excluding hydrogens is 290 g/mol. The molecule has 0 aromatic carbocycles. The van der Waals surface area contributed by atoms with E-state index in [1.54, 1.807) is 6.92 Å². The zero-order valence-corrected chi connectivity index (χ0v) is 13.9. The highest BCUT2D eigenvalue weighted by atomic mass is 32.2. The van der Waals surface area contributed by atoms with Crippen LogP contribution in [0.1, 0.15) is 60.4 Å². The Bertz CT molecular complexity index is 511. The van der Waals surface area contributed by atoms with Gasteiger partial charge in [0.1, 0.15) is 9.84 Å². The molecular formula is C15H25NO2S2. The van der Waals surface area contributed by atoms with E-state index in [0.29, 0.717) is 6.42 Å². The fourth-order valence-electron chi connectivity index (χ4n) is 2.68. The standard InChI is InChI=1S/C15H25NO2S2/c1-2-20(17,18)10-6-8-13(16)15-11-12-7-4-3-5-9-14(12)19-15/h11,13H,2-10,16H2,1H3. The summed E-state index contributed by atoms with van der Waals surface area (Å²) < 4.78 is 23.0. The van der Waals surface area contributed by atoms with Gasteiger partial charge in [-0.25, -0.2) is 8.42 Å². The molecule has 20 heavy (non-hydrogen) atoms. The molecule has 0 spiro atoms. The Hall–Kier alpha value is -0.390. The van der Waals surface area contributed by atoms with Crippen molar-refractivity contribution in [2.45, 2.75) is 57.9 Å². The molecule has 2 rings (SSSR count). The van der Waals surface area contributed by atoms with Crippen molar-refractivity contribution < 1.29 is 8.42 Å². The summed E-state index contributed by atoms with van der Waals surface area (Å²) in [6, 6.07) is 2.27. The lowest BCUT2D eigenvalue weighted by Crippen LogP contribution is -2.13. The second kappa shape index (κ2) is 7.05. The van der Waals surface area contributed by atoms with Gasteiger partial charge in [0.15, 0.2) is 0 Å². The molecule has 1 atom stereocenters. The van der Waals surface area contributed by atoms with Crippen molar-refractivity contribution in [2.24, 2.45) is 5.73 Å². The van der Waals surface area contributed by atoms with E-state index in [2.05, 4.69) is 6.07 Å². The first-order chi connectivity index (χ1) is 9.52. The zero-order chi connectivity index (χ0) is 14.6. The summed E-state index contributed by atoms with van der Waals surface area (Å²) in [4.78, 5) is 2.75. The van der Waals surface area contributed by atoms with Gasteiger partial charge in [-0.15, -0.1) is 11.3 Å². The summed E-state index contributed by atoms with van der Waals surface area (Å²) in [5.74, 6) is 0.498. The number of thiophene rings is 1. The summed E-state index contributed by atoms with van der Waals surface area (Å²) in [5, 5.41) is 0. The molecule has 114 valence electrons. The molecule has 2 N–H and O–H groups in total. The molecule has 0 bridgehead atoms. The highest BCUT2D eigenvalue weighted by Gasteiger charge is 2.17. The maximum absolute atomic E-state index is 11.5. The first kappa shape index (κ1) is 16.0. The number of sulfone groups is 1. The summed E-state index contributed by atoms with van der Waals surface area (Å²) in [5.41, 5.74) is 7.72. The fraction of sp³-hybridized carbons (Fsp3) is 0.733.